The van der Waals surface area contributed by atoms with Crippen molar-refractivity contribution >= 4 is 34.2 Å². The third kappa shape index (κ3) is 4.86. The highest BCUT2D eigenvalue weighted by Gasteiger charge is 2.32. The summed E-state index contributed by atoms with van der Waals surface area (Å²) in [5.74, 6) is 0. The quantitative estimate of drug-likeness (QED) is 0.359. The van der Waals surface area contributed by atoms with E-state index in [1.54, 1.807) is 0 Å². The second-order valence-corrected chi connectivity index (χ2v) is 11.3. The van der Waals surface area contributed by atoms with Crippen LogP contribution in [0, 0.1) is 0 Å². The van der Waals surface area contributed by atoms with Crippen LogP contribution >= 0.6 is 18.8 Å². The fourth-order valence-electron chi connectivity index (χ4n) is 2.75. The highest BCUT2D eigenvalue weighted by atomic mass is 32.2. The molecular weight excluding hydrogens is 343 g/mol. The van der Waals surface area contributed by atoms with E-state index in [4.69, 9.17) is 9.74 Å². The van der Waals surface area contributed by atoms with Crippen LogP contribution < -0.4 is 10.6 Å². The lowest BCUT2D eigenvalue weighted by Gasteiger charge is -2.29. The van der Waals surface area contributed by atoms with Gasteiger partial charge in [0.1, 0.15) is 4.78 Å². The SMILES string of the molecule is CCN=C(SC(C)C)P(=NC(C)C)(c1ccccc1)c1ccccc1. The maximum Gasteiger partial charge on any atom is 0.115 e. The first-order chi connectivity index (χ1) is 12.0. The zero-order chi connectivity index (χ0) is 18.3. The molecule has 0 saturated heterocycles. The molecule has 0 heterocycles. The third-order valence-electron chi connectivity index (χ3n) is 3.58. The Labute approximate surface area is 157 Å². The summed E-state index contributed by atoms with van der Waals surface area (Å²) >= 11 is 1.87. The van der Waals surface area contributed by atoms with Crippen LogP contribution in [0.4, 0.5) is 0 Å². The van der Waals surface area contributed by atoms with E-state index in [-0.39, 0.29) is 6.04 Å². The summed E-state index contributed by atoms with van der Waals surface area (Å²) in [4.78, 5) is 6.17. The lowest BCUT2D eigenvalue weighted by atomic mass is 10.4. The Morgan fingerprint density at radius 1 is 0.880 bits per heavy atom. The lowest BCUT2D eigenvalue weighted by molar-refractivity contribution is 0.849. The van der Waals surface area contributed by atoms with Gasteiger partial charge in [0.05, 0.1) is 7.05 Å². The van der Waals surface area contributed by atoms with Gasteiger partial charge in [-0.3, -0.25) is 9.74 Å². The van der Waals surface area contributed by atoms with Gasteiger partial charge in [0.15, 0.2) is 0 Å². The van der Waals surface area contributed by atoms with Gasteiger partial charge in [-0.05, 0) is 20.8 Å². The second-order valence-electron chi connectivity index (χ2n) is 6.44. The van der Waals surface area contributed by atoms with Crippen molar-refractivity contribution in [3.8, 4) is 0 Å². The third-order valence-corrected chi connectivity index (χ3v) is 9.09. The predicted molar refractivity (Wildman–Crippen MR) is 117 cm³/mol. The number of thioether (sulfide) groups is 1. The molecule has 4 heteroatoms. The summed E-state index contributed by atoms with van der Waals surface area (Å²) in [6, 6.07) is 21.7. The van der Waals surface area contributed by atoms with Gasteiger partial charge in [-0.15, -0.1) is 11.8 Å². The molecular formula is C21H29N2PS. The van der Waals surface area contributed by atoms with Gasteiger partial charge in [-0.25, -0.2) is 0 Å². The van der Waals surface area contributed by atoms with Gasteiger partial charge >= 0.3 is 0 Å². The Morgan fingerprint density at radius 3 is 1.72 bits per heavy atom. The number of hydrogen-bond acceptors (Lipinski definition) is 3. The van der Waals surface area contributed by atoms with Crippen LogP contribution in [-0.4, -0.2) is 22.6 Å². The van der Waals surface area contributed by atoms with Crippen molar-refractivity contribution in [2.45, 2.75) is 45.9 Å². The second kappa shape index (κ2) is 9.40. The van der Waals surface area contributed by atoms with Crippen LogP contribution in [0.3, 0.4) is 0 Å². The predicted octanol–water partition coefficient (Wildman–Crippen LogP) is 5.76. The number of rotatable bonds is 6. The van der Waals surface area contributed by atoms with Crippen molar-refractivity contribution in [1.82, 2.24) is 0 Å². The summed E-state index contributed by atoms with van der Waals surface area (Å²) in [5, 5.41) is 3.05. The van der Waals surface area contributed by atoms with Gasteiger partial charge in [0, 0.05) is 28.4 Å². The minimum absolute atomic E-state index is 0.239. The Balaban J connectivity index is 2.88. The molecule has 0 spiro atoms. The number of nitrogens with zero attached hydrogens (tertiary/aromatic N) is 2. The normalized spacial score (nSPS) is 12.7. The zero-order valence-corrected chi connectivity index (χ0v) is 17.6. The number of benzene rings is 2. The Morgan fingerprint density at radius 2 is 1.36 bits per heavy atom. The van der Waals surface area contributed by atoms with Gasteiger partial charge < -0.3 is 0 Å². The lowest BCUT2D eigenvalue weighted by Crippen LogP contribution is -2.23. The molecule has 25 heavy (non-hydrogen) atoms. The molecule has 0 radical (unpaired) electrons. The molecule has 0 bridgehead atoms. The molecule has 2 aromatic carbocycles. The van der Waals surface area contributed by atoms with E-state index in [0.717, 1.165) is 6.54 Å². The van der Waals surface area contributed by atoms with E-state index in [2.05, 4.69) is 95.3 Å². The fraction of sp³-hybridized carbons (Fsp3) is 0.381. The first-order valence-electron chi connectivity index (χ1n) is 8.95. The Hall–Kier alpha value is -1.31. The minimum atomic E-state index is -2.10. The molecule has 0 fully saturated rings. The molecule has 0 aliphatic carbocycles. The van der Waals surface area contributed by atoms with E-state index in [9.17, 15) is 0 Å². The molecule has 0 unspecified atom stereocenters. The van der Waals surface area contributed by atoms with Gasteiger partial charge in [0.25, 0.3) is 0 Å². The van der Waals surface area contributed by atoms with Crippen LogP contribution in [0.5, 0.6) is 0 Å². The van der Waals surface area contributed by atoms with Crippen LogP contribution in [0.25, 0.3) is 0 Å². The maximum absolute atomic E-state index is 5.38. The van der Waals surface area contributed by atoms with Crippen molar-refractivity contribution in [2.24, 2.45) is 9.74 Å². The summed E-state index contributed by atoms with van der Waals surface area (Å²) in [5.41, 5.74) is 0. The first kappa shape index (κ1) is 20.0. The fourth-order valence-corrected chi connectivity index (χ4v) is 8.74. The highest BCUT2D eigenvalue weighted by Crippen LogP contribution is 2.53. The molecule has 0 aliphatic rings. The largest absolute Gasteiger partial charge is 0.285 e. The number of aliphatic imine (C=N–C) groups is 1. The molecule has 2 rings (SSSR count). The molecule has 0 amide bonds. The van der Waals surface area contributed by atoms with Crippen LogP contribution in [0.15, 0.2) is 70.4 Å². The molecule has 2 nitrogen and oxygen atoms in total. The van der Waals surface area contributed by atoms with Crippen molar-refractivity contribution in [2.75, 3.05) is 6.54 Å². The van der Waals surface area contributed by atoms with Gasteiger partial charge in [-0.2, -0.15) is 0 Å². The van der Waals surface area contributed by atoms with E-state index >= 15 is 0 Å². The van der Waals surface area contributed by atoms with E-state index in [1.807, 2.05) is 11.8 Å². The van der Waals surface area contributed by atoms with Crippen molar-refractivity contribution < 1.29 is 0 Å². The monoisotopic (exact) mass is 372 g/mol. The summed E-state index contributed by atoms with van der Waals surface area (Å²) in [6.07, 6.45) is 0. The molecule has 0 atom stereocenters. The Kier molecular flexibility index (Phi) is 7.53. The standard InChI is InChI=1S/C21H29N2PS/c1-6-22-21(25-18(4)5)24(23-17(2)3,19-13-9-7-10-14-19)20-15-11-8-12-16-20/h7-18H,6H2,1-5H3. The smallest absolute Gasteiger partial charge is 0.115 e. The van der Waals surface area contributed by atoms with Crippen molar-refractivity contribution in [3.63, 3.8) is 0 Å². The van der Waals surface area contributed by atoms with Crippen molar-refractivity contribution in [3.05, 3.63) is 60.7 Å². The van der Waals surface area contributed by atoms with E-state index in [1.165, 1.54) is 15.4 Å². The highest BCUT2D eigenvalue weighted by molar-refractivity contribution is 8.30. The van der Waals surface area contributed by atoms with Crippen LogP contribution in [-0.2, 0) is 0 Å². The summed E-state index contributed by atoms with van der Waals surface area (Å²) < 4.78 is 5.38. The van der Waals surface area contributed by atoms with Gasteiger partial charge in [-0.1, -0.05) is 74.5 Å². The van der Waals surface area contributed by atoms with Crippen LogP contribution in [0.1, 0.15) is 34.6 Å². The van der Waals surface area contributed by atoms with E-state index < -0.39 is 7.05 Å². The zero-order valence-electron chi connectivity index (χ0n) is 15.9. The molecule has 0 aliphatic heterocycles. The van der Waals surface area contributed by atoms with Crippen LogP contribution in [0.2, 0.25) is 0 Å². The molecule has 134 valence electrons. The first-order valence-corrected chi connectivity index (χ1v) is 11.6. The molecule has 0 aromatic heterocycles. The number of hydrogen-bond donors (Lipinski definition) is 0. The summed E-state index contributed by atoms with van der Waals surface area (Å²) in [7, 11) is -2.10. The summed E-state index contributed by atoms with van der Waals surface area (Å²) in [6.45, 7) is 11.7. The van der Waals surface area contributed by atoms with Crippen molar-refractivity contribution in [1.29, 1.82) is 0 Å². The molecule has 0 N–H and O–H groups in total. The topological polar surface area (TPSA) is 24.7 Å². The Bertz CT molecular complexity index is 694. The average Bonchev–Trinajstić information content (AvgIpc) is 2.60. The molecule has 0 saturated carbocycles. The maximum atomic E-state index is 5.38. The minimum Gasteiger partial charge on any atom is -0.285 e. The average molecular weight is 373 g/mol. The van der Waals surface area contributed by atoms with Gasteiger partial charge in [0.2, 0.25) is 0 Å². The molecule has 2 aromatic rings. The van der Waals surface area contributed by atoms with E-state index in [0.29, 0.717) is 5.25 Å².